The molecule has 1 aromatic heterocycles. The van der Waals surface area contributed by atoms with Gasteiger partial charge in [0.15, 0.2) is 11.6 Å². The van der Waals surface area contributed by atoms with E-state index in [4.69, 9.17) is 4.42 Å². The lowest BCUT2D eigenvalue weighted by atomic mass is 10.1. The molecule has 3 heterocycles. The number of amidine groups is 1. The maximum Gasteiger partial charge on any atom is 0.273 e. The topological polar surface area (TPSA) is 104 Å². The van der Waals surface area contributed by atoms with Crippen molar-refractivity contribution in [3.05, 3.63) is 65.4 Å². The molecule has 4 N–H and O–H groups in total. The summed E-state index contributed by atoms with van der Waals surface area (Å²) in [6, 6.07) is 0.250. The van der Waals surface area contributed by atoms with Gasteiger partial charge in [0.1, 0.15) is 17.9 Å². The predicted molar refractivity (Wildman–Crippen MR) is 112 cm³/mol. The summed E-state index contributed by atoms with van der Waals surface area (Å²) in [5.74, 6) is 0.715. The molecule has 0 radical (unpaired) electrons. The lowest BCUT2D eigenvalue weighted by Crippen LogP contribution is -2.32. The molecule has 8 nitrogen and oxygen atoms in total. The quantitative estimate of drug-likeness (QED) is 0.458. The van der Waals surface area contributed by atoms with Crippen LogP contribution in [-0.4, -0.2) is 48.9 Å². The molecule has 0 saturated heterocycles. The molecule has 4 rings (SSSR count). The van der Waals surface area contributed by atoms with Gasteiger partial charge >= 0.3 is 0 Å². The van der Waals surface area contributed by atoms with Gasteiger partial charge in [-0.05, 0) is 18.6 Å². The van der Waals surface area contributed by atoms with Crippen molar-refractivity contribution < 1.29 is 13.6 Å². The number of rotatable bonds is 9. The van der Waals surface area contributed by atoms with E-state index in [1.807, 2.05) is 0 Å². The molecule has 30 heavy (non-hydrogen) atoms. The number of aromatic nitrogens is 1. The smallest absolute Gasteiger partial charge is 0.273 e. The molecule has 1 atom stereocenters. The minimum Gasteiger partial charge on any atom is -0.448 e. The van der Waals surface area contributed by atoms with Crippen LogP contribution in [0.1, 0.15) is 29.2 Å². The highest BCUT2D eigenvalue weighted by molar-refractivity contribution is 5.92. The zero-order chi connectivity index (χ0) is 20.8. The van der Waals surface area contributed by atoms with Crippen LogP contribution in [0, 0.1) is 0 Å². The summed E-state index contributed by atoms with van der Waals surface area (Å²) >= 11 is 0. The standard InChI is InChI=1S/C21H25FN6O2/c22-14-4-3-9-24-17(14)12-25-21(29)18-13-30-20(28-18)8-11-23-10-7-19-26-15-5-1-2-6-16(15)27-19/h1-5,13,16,23-24H,6-12H2,(H,25,29)(H,26,27). The molecule has 1 amide bonds. The molecule has 2 aliphatic heterocycles. The third-order valence-corrected chi connectivity index (χ3v) is 4.98. The first kappa shape index (κ1) is 20.1. The molecular weight excluding hydrogens is 387 g/mol. The first-order valence-corrected chi connectivity index (χ1v) is 10.1. The number of aliphatic imine (C=N–C) groups is 1. The Labute approximate surface area is 174 Å². The van der Waals surface area contributed by atoms with E-state index in [1.165, 1.54) is 18.0 Å². The summed E-state index contributed by atoms with van der Waals surface area (Å²) in [5, 5.41) is 12.2. The van der Waals surface area contributed by atoms with Gasteiger partial charge in [-0.25, -0.2) is 9.37 Å². The third-order valence-electron chi connectivity index (χ3n) is 4.98. The van der Waals surface area contributed by atoms with Crippen molar-refractivity contribution in [2.75, 3.05) is 26.2 Å². The number of nitrogens with zero attached hydrogens (tertiary/aromatic N) is 2. The lowest BCUT2D eigenvalue weighted by Gasteiger charge is -2.13. The van der Waals surface area contributed by atoms with E-state index >= 15 is 0 Å². The summed E-state index contributed by atoms with van der Waals surface area (Å²) in [5.41, 5.74) is 1.71. The minimum atomic E-state index is -0.398. The Balaban J connectivity index is 1.14. The van der Waals surface area contributed by atoms with Gasteiger partial charge in [-0.1, -0.05) is 18.2 Å². The molecule has 3 aliphatic rings. The van der Waals surface area contributed by atoms with Gasteiger partial charge in [-0.3, -0.25) is 9.79 Å². The molecule has 0 fully saturated rings. The van der Waals surface area contributed by atoms with Crippen molar-refractivity contribution in [3.8, 4) is 0 Å². The fraction of sp³-hybridized carbons (Fsp3) is 0.381. The van der Waals surface area contributed by atoms with Crippen LogP contribution in [0.3, 0.4) is 0 Å². The first-order chi connectivity index (χ1) is 14.7. The van der Waals surface area contributed by atoms with E-state index < -0.39 is 5.91 Å². The highest BCUT2D eigenvalue weighted by Crippen LogP contribution is 2.19. The number of nitrogens with one attached hydrogen (secondary N) is 4. The van der Waals surface area contributed by atoms with Crippen LogP contribution >= 0.6 is 0 Å². The molecule has 0 aromatic carbocycles. The van der Waals surface area contributed by atoms with E-state index in [-0.39, 0.29) is 24.1 Å². The summed E-state index contributed by atoms with van der Waals surface area (Å²) in [6.07, 6.45) is 13.0. The molecule has 1 aliphatic carbocycles. The normalized spacial score (nSPS) is 19.7. The number of amides is 1. The average Bonchev–Trinajstić information content (AvgIpc) is 3.39. The number of oxazole rings is 1. The van der Waals surface area contributed by atoms with Gasteiger partial charge in [0.2, 0.25) is 0 Å². The Morgan fingerprint density at radius 1 is 1.30 bits per heavy atom. The van der Waals surface area contributed by atoms with Crippen LogP contribution < -0.4 is 21.3 Å². The number of halogens is 1. The second-order valence-electron chi connectivity index (χ2n) is 7.17. The largest absolute Gasteiger partial charge is 0.448 e. The Kier molecular flexibility index (Phi) is 6.38. The maximum absolute atomic E-state index is 13.6. The Hall–Kier alpha value is -3.20. The number of hydrogen-bond donors (Lipinski definition) is 4. The number of allylic oxidation sites excluding steroid dienone is 4. The van der Waals surface area contributed by atoms with E-state index in [0.717, 1.165) is 25.2 Å². The monoisotopic (exact) mass is 412 g/mol. The maximum atomic E-state index is 13.6. The second-order valence-corrected chi connectivity index (χ2v) is 7.17. The average molecular weight is 412 g/mol. The van der Waals surface area contributed by atoms with Crippen LogP contribution in [0.2, 0.25) is 0 Å². The molecule has 1 unspecified atom stereocenters. The van der Waals surface area contributed by atoms with Gasteiger partial charge in [0.25, 0.3) is 5.91 Å². The van der Waals surface area contributed by atoms with Gasteiger partial charge in [0, 0.05) is 38.2 Å². The molecule has 0 saturated carbocycles. The number of fused-ring (bicyclic) bond motifs is 1. The number of carbonyl (C=O) groups excluding carboxylic acids is 1. The summed E-state index contributed by atoms with van der Waals surface area (Å²) in [4.78, 5) is 21.1. The lowest BCUT2D eigenvalue weighted by molar-refractivity contribution is 0.0951. The number of dihydropyridines is 1. The van der Waals surface area contributed by atoms with E-state index in [0.29, 0.717) is 31.1 Å². The first-order valence-electron chi connectivity index (χ1n) is 10.1. The van der Waals surface area contributed by atoms with Gasteiger partial charge in [-0.15, -0.1) is 0 Å². The molecule has 0 spiro atoms. The van der Waals surface area contributed by atoms with E-state index in [1.54, 1.807) is 6.08 Å². The predicted octanol–water partition coefficient (Wildman–Crippen LogP) is 1.48. The Morgan fingerprint density at radius 2 is 2.20 bits per heavy atom. The van der Waals surface area contributed by atoms with Crippen LogP contribution in [0.4, 0.5) is 4.39 Å². The zero-order valence-electron chi connectivity index (χ0n) is 16.6. The SMILES string of the molecule is O=C(NCC1=C(F)C=CCN1)c1coc(CCNCCC2=NC3CC=CC=C3N2)n1. The Bertz CT molecular complexity index is 943. The van der Waals surface area contributed by atoms with Crippen molar-refractivity contribution >= 4 is 11.7 Å². The van der Waals surface area contributed by atoms with Crippen molar-refractivity contribution in [2.45, 2.75) is 25.3 Å². The number of hydrogen-bond acceptors (Lipinski definition) is 7. The highest BCUT2D eigenvalue weighted by Gasteiger charge is 2.22. The molecular formula is C21H25FN6O2. The third kappa shape index (κ3) is 5.04. The van der Waals surface area contributed by atoms with Gasteiger partial charge in [-0.2, -0.15) is 0 Å². The second kappa shape index (κ2) is 9.53. The van der Waals surface area contributed by atoms with Gasteiger partial charge in [0.05, 0.1) is 18.3 Å². The van der Waals surface area contributed by atoms with E-state index in [2.05, 4.69) is 49.5 Å². The van der Waals surface area contributed by atoms with Crippen LogP contribution in [0.25, 0.3) is 0 Å². The fourth-order valence-electron chi connectivity index (χ4n) is 3.37. The molecule has 158 valence electrons. The highest BCUT2D eigenvalue weighted by atomic mass is 19.1. The van der Waals surface area contributed by atoms with Crippen molar-refractivity contribution in [2.24, 2.45) is 4.99 Å². The minimum absolute atomic E-state index is 0.0739. The number of carbonyl (C=O) groups is 1. The van der Waals surface area contributed by atoms with Crippen LogP contribution in [0.15, 0.2) is 63.3 Å². The summed E-state index contributed by atoms with van der Waals surface area (Å²) in [6.45, 7) is 2.08. The van der Waals surface area contributed by atoms with Crippen molar-refractivity contribution in [1.29, 1.82) is 0 Å². The Morgan fingerprint density at radius 3 is 3.07 bits per heavy atom. The van der Waals surface area contributed by atoms with Crippen molar-refractivity contribution in [3.63, 3.8) is 0 Å². The van der Waals surface area contributed by atoms with E-state index in [9.17, 15) is 9.18 Å². The fourth-order valence-corrected chi connectivity index (χ4v) is 3.37. The van der Waals surface area contributed by atoms with Gasteiger partial charge < -0.3 is 25.7 Å². The van der Waals surface area contributed by atoms with Crippen LogP contribution in [-0.2, 0) is 6.42 Å². The summed E-state index contributed by atoms with van der Waals surface area (Å²) in [7, 11) is 0. The van der Waals surface area contributed by atoms with Crippen LogP contribution in [0.5, 0.6) is 0 Å². The molecule has 0 bridgehead atoms. The van der Waals surface area contributed by atoms with Crippen molar-refractivity contribution in [1.82, 2.24) is 26.3 Å². The molecule has 9 heteroatoms. The zero-order valence-corrected chi connectivity index (χ0v) is 16.6. The molecule has 1 aromatic rings. The summed E-state index contributed by atoms with van der Waals surface area (Å²) < 4.78 is 19.0.